The van der Waals surface area contributed by atoms with Crippen LogP contribution in [-0.4, -0.2) is 24.8 Å². The first kappa shape index (κ1) is 12.7. The molecule has 0 aromatic heterocycles. The molecule has 2 rings (SSSR count). The fourth-order valence-corrected chi connectivity index (χ4v) is 1.73. The van der Waals surface area contributed by atoms with Crippen molar-refractivity contribution in [2.75, 3.05) is 13.7 Å². The molecule has 0 aliphatic heterocycles. The van der Waals surface area contributed by atoms with Crippen molar-refractivity contribution in [2.45, 2.75) is 25.7 Å². The standard InChI is InChI=1S/C14H18O4/c1-17-13-8-10(5-7-14(15)16)4-6-12(13)18-9-11-2-3-11/h4,6,8,11H,2-3,5,7,9H2,1H3,(H,15,16). The molecule has 0 heterocycles. The highest BCUT2D eigenvalue weighted by Crippen LogP contribution is 2.33. The molecule has 1 fully saturated rings. The molecule has 1 aromatic rings. The number of aryl methyl sites for hydroxylation is 1. The van der Waals surface area contributed by atoms with Crippen LogP contribution in [0.2, 0.25) is 0 Å². The second-order valence-electron chi connectivity index (χ2n) is 4.63. The zero-order chi connectivity index (χ0) is 13.0. The molecule has 0 atom stereocenters. The number of ether oxygens (including phenoxy) is 2. The molecule has 98 valence electrons. The van der Waals surface area contributed by atoms with Gasteiger partial charge in [-0.25, -0.2) is 0 Å². The van der Waals surface area contributed by atoms with Crippen molar-refractivity contribution in [1.82, 2.24) is 0 Å². The number of carboxylic acids is 1. The smallest absolute Gasteiger partial charge is 0.303 e. The van der Waals surface area contributed by atoms with Gasteiger partial charge in [0.2, 0.25) is 0 Å². The molecule has 0 saturated heterocycles. The molecule has 4 nitrogen and oxygen atoms in total. The van der Waals surface area contributed by atoms with E-state index in [0.29, 0.717) is 18.1 Å². The van der Waals surface area contributed by atoms with Crippen LogP contribution < -0.4 is 9.47 Å². The van der Waals surface area contributed by atoms with Crippen molar-refractivity contribution in [2.24, 2.45) is 5.92 Å². The molecule has 0 bridgehead atoms. The number of aliphatic carboxylic acids is 1. The van der Waals surface area contributed by atoms with Crippen LogP contribution in [0.25, 0.3) is 0 Å². The van der Waals surface area contributed by atoms with Gasteiger partial charge in [-0.1, -0.05) is 6.07 Å². The largest absolute Gasteiger partial charge is 0.493 e. The Morgan fingerprint density at radius 3 is 2.78 bits per heavy atom. The lowest BCUT2D eigenvalue weighted by Gasteiger charge is -2.11. The quantitative estimate of drug-likeness (QED) is 0.807. The van der Waals surface area contributed by atoms with Gasteiger partial charge in [0.25, 0.3) is 0 Å². The Morgan fingerprint density at radius 2 is 2.17 bits per heavy atom. The summed E-state index contributed by atoms with van der Waals surface area (Å²) >= 11 is 0. The van der Waals surface area contributed by atoms with Crippen LogP contribution in [0.15, 0.2) is 18.2 Å². The first-order valence-electron chi connectivity index (χ1n) is 6.20. The molecular formula is C14H18O4. The Hall–Kier alpha value is -1.71. The predicted molar refractivity (Wildman–Crippen MR) is 67.2 cm³/mol. The Balaban J connectivity index is 1.99. The van der Waals surface area contributed by atoms with Crippen LogP contribution in [-0.2, 0) is 11.2 Å². The summed E-state index contributed by atoms with van der Waals surface area (Å²) in [5.74, 6) is 1.33. The van der Waals surface area contributed by atoms with Gasteiger partial charge in [-0.3, -0.25) is 4.79 Å². The van der Waals surface area contributed by atoms with E-state index >= 15 is 0 Å². The van der Waals surface area contributed by atoms with Crippen LogP contribution in [0.4, 0.5) is 0 Å². The van der Waals surface area contributed by atoms with Crippen molar-refractivity contribution >= 4 is 5.97 Å². The lowest BCUT2D eigenvalue weighted by Crippen LogP contribution is -2.02. The zero-order valence-corrected chi connectivity index (χ0v) is 10.5. The molecule has 18 heavy (non-hydrogen) atoms. The summed E-state index contributed by atoms with van der Waals surface area (Å²) in [5.41, 5.74) is 0.952. The van der Waals surface area contributed by atoms with Crippen molar-refractivity contribution in [3.05, 3.63) is 23.8 Å². The third-order valence-corrected chi connectivity index (χ3v) is 3.03. The Labute approximate surface area is 107 Å². The molecule has 1 aliphatic carbocycles. The SMILES string of the molecule is COc1cc(CCC(=O)O)ccc1OCC1CC1. The third kappa shape index (κ3) is 3.65. The monoisotopic (exact) mass is 250 g/mol. The van der Waals surface area contributed by atoms with E-state index < -0.39 is 5.97 Å². The van der Waals surface area contributed by atoms with Gasteiger partial charge in [0.1, 0.15) is 0 Å². The first-order valence-corrected chi connectivity index (χ1v) is 6.20. The van der Waals surface area contributed by atoms with Gasteiger partial charge in [-0.2, -0.15) is 0 Å². The van der Waals surface area contributed by atoms with Gasteiger partial charge in [0.15, 0.2) is 11.5 Å². The topological polar surface area (TPSA) is 55.8 Å². The van der Waals surface area contributed by atoms with Gasteiger partial charge < -0.3 is 14.6 Å². The van der Waals surface area contributed by atoms with Crippen LogP contribution in [0.3, 0.4) is 0 Å². The second kappa shape index (κ2) is 5.76. The van der Waals surface area contributed by atoms with E-state index in [9.17, 15) is 4.79 Å². The van der Waals surface area contributed by atoms with Gasteiger partial charge in [-0.05, 0) is 42.9 Å². The van der Waals surface area contributed by atoms with Crippen LogP contribution in [0, 0.1) is 5.92 Å². The number of carbonyl (C=O) groups is 1. The number of rotatable bonds is 7. The molecule has 1 saturated carbocycles. The number of benzene rings is 1. The molecule has 1 N–H and O–H groups in total. The van der Waals surface area contributed by atoms with Gasteiger partial charge in [0.05, 0.1) is 13.7 Å². The molecular weight excluding hydrogens is 232 g/mol. The van der Waals surface area contributed by atoms with E-state index in [4.69, 9.17) is 14.6 Å². The number of methoxy groups -OCH3 is 1. The number of carboxylic acid groups (broad SMARTS) is 1. The van der Waals surface area contributed by atoms with E-state index in [0.717, 1.165) is 17.9 Å². The number of hydrogen-bond acceptors (Lipinski definition) is 3. The van der Waals surface area contributed by atoms with Gasteiger partial charge in [0, 0.05) is 6.42 Å². The summed E-state index contributed by atoms with van der Waals surface area (Å²) in [4.78, 5) is 10.5. The fourth-order valence-electron chi connectivity index (χ4n) is 1.73. The maximum absolute atomic E-state index is 10.5. The Kier molecular flexibility index (Phi) is 4.07. The predicted octanol–water partition coefficient (Wildman–Crippen LogP) is 2.50. The van der Waals surface area contributed by atoms with E-state index in [1.807, 2.05) is 18.2 Å². The maximum atomic E-state index is 10.5. The highest BCUT2D eigenvalue weighted by Gasteiger charge is 2.22. The van der Waals surface area contributed by atoms with Crippen molar-refractivity contribution in [1.29, 1.82) is 0 Å². The maximum Gasteiger partial charge on any atom is 0.303 e. The molecule has 0 spiro atoms. The van der Waals surface area contributed by atoms with E-state index in [-0.39, 0.29) is 6.42 Å². The average molecular weight is 250 g/mol. The van der Waals surface area contributed by atoms with Crippen molar-refractivity contribution in [3.8, 4) is 11.5 Å². The summed E-state index contributed by atoms with van der Waals surface area (Å²) in [6, 6.07) is 5.61. The lowest BCUT2D eigenvalue weighted by molar-refractivity contribution is -0.136. The summed E-state index contributed by atoms with van der Waals surface area (Å²) in [5, 5.41) is 8.65. The molecule has 1 aliphatic rings. The van der Waals surface area contributed by atoms with Crippen LogP contribution in [0.1, 0.15) is 24.8 Å². The summed E-state index contributed by atoms with van der Waals surface area (Å²) in [6.45, 7) is 0.741. The third-order valence-electron chi connectivity index (χ3n) is 3.03. The minimum atomic E-state index is -0.789. The van der Waals surface area contributed by atoms with E-state index in [1.165, 1.54) is 12.8 Å². The van der Waals surface area contributed by atoms with Crippen LogP contribution >= 0.6 is 0 Å². The summed E-state index contributed by atoms with van der Waals surface area (Å²) in [6.07, 6.45) is 3.14. The second-order valence-corrected chi connectivity index (χ2v) is 4.63. The highest BCUT2D eigenvalue weighted by atomic mass is 16.5. The number of hydrogen-bond donors (Lipinski definition) is 1. The van der Waals surface area contributed by atoms with Crippen molar-refractivity contribution < 1.29 is 19.4 Å². The molecule has 0 unspecified atom stereocenters. The molecule has 0 radical (unpaired) electrons. The zero-order valence-electron chi connectivity index (χ0n) is 10.5. The van der Waals surface area contributed by atoms with Gasteiger partial charge >= 0.3 is 5.97 Å². The fraction of sp³-hybridized carbons (Fsp3) is 0.500. The first-order chi connectivity index (χ1) is 8.69. The molecule has 0 amide bonds. The van der Waals surface area contributed by atoms with E-state index in [2.05, 4.69) is 0 Å². The van der Waals surface area contributed by atoms with Gasteiger partial charge in [-0.15, -0.1) is 0 Å². The minimum Gasteiger partial charge on any atom is -0.493 e. The Bertz CT molecular complexity index is 424. The summed E-state index contributed by atoms with van der Waals surface area (Å²) < 4.78 is 11.0. The van der Waals surface area contributed by atoms with E-state index in [1.54, 1.807) is 7.11 Å². The Morgan fingerprint density at radius 1 is 1.39 bits per heavy atom. The van der Waals surface area contributed by atoms with Crippen LogP contribution in [0.5, 0.6) is 11.5 Å². The molecule has 4 heteroatoms. The average Bonchev–Trinajstić information content (AvgIpc) is 3.18. The lowest BCUT2D eigenvalue weighted by atomic mass is 10.1. The highest BCUT2D eigenvalue weighted by molar-refractivity contribution is 5.67. The summed E-state index contributed by atoms with van der Waals surface area (Å²) in [7, 11) is 1.60. The minimum absolute atomic E-state index is 0.130. The van der Waals surface area contributed by atoms with Crippen molar-refractivity contribution in [3.63, 3.8) is 0 Å². The normalized spacial score (nSPS) is 14.3. The molecule has 1 aromatic carbocycles.